The lowest BCUT2D eigenvalue weighted by molar-refractivity contribution is 0.104. The quantitative estimate of drug-likeness (QED) is 0.608. The summed E-state index contributed by atoms with van der Waals surface area (Å²) in [5.74, 6) is 0.694. The second-order valence-corrected chi connectivity index (χ2v) is 3.68. The van der Waals surface area contributed by atoms with Gasteiger partial charge in [-0.05, 0) is 30.4 Å². The first-order chi connectivity index (χ1) is 8.81. The van der Waals surface area contributed by atoms with Crippen LogP contribution in [0, 0.1) is 0 Å². The van der Waals surface area contributed by atoms with Gasteiger partial charge in [-0.25, -0.2) is 0 Å². The number of para-hydroxylation sites is 1. The Balaban J connectivity index is 2.19. The molecule has 0 saturated heterocycles. The zero-order valence-electron chi connectivity index (χ0n) is 10.0. The average molecular weight is 239 g/mol. The number of aromatic nitrogens is 1. The molecule has 0 amide bonds. The van der Waals surface area contributed by atoms with E-state index in [1.807, 2.05) is 24.3 Å². The van der Waals surface area contributed by atoms with Crippen molar-refractivity contribution in [2.24, 2.45) is 0 Å². The van der Waals surface area contributed by atoms with E-state index in [2.05, 4.69) is 4.98 Å². The number of benzene rings is 1. The van der Waals surface area contributed by atoms with E-state index >= 15 is 0 Å². The van der Waals surface area contributed by atoms with Crippen LogP contribution in [-0.4, -0.2) is 17.9 Å². The second kappa shape index (κ2) is 5.77. The van der Waals surface area contributed by atoms with Crippen LogP contribution >= 0.6 is 0 Å². The molecule has 3 heteroatoms. The molecule has 0 saturated carbocycles. The summed E-state index contributed by atoms with van der Waals surface area (Å²) in [5.41, 5.74) is 1.50. The number of hydrogen-bond donors (Lipinski definition) is 0. The predicted octanol–water partition coefficient (Wildman–Crippen LogP) is 2.99. The summed E-state index contributed by atoms with van der Waals surface area (Å²) in [4.78, 5) is 15.7. The number of nitrogens with zero attached hydrogens (tertiary/aromatic N) is 1. The Morgan fingerprint density at radius 1 is 1.17 bits per heavy atom. The number of methoxy groups -OCH3 is 1. The molecule has 0 unspecified atom stereocenters. The van der Waals surface area contributed by atoms with Crippen LogP contribution in [0.25, 0.3) is 6.08 Å². The number of ketones is 1. The van der Waals surface area contributed by atoms with Crippen molar-refractivity contribution in [3.8, 4) is 5.75 Å². The van der Waals surface area contributed by atoms with E-state index in [0.29, 0.717) is 5.56 Å². The highest BCUT2D eigenvalue weighted by Crippen LogP contribution is 2.18. The van der Waals surface area contributed by atoms with Gasteiger partial charge in [0.1, 0.15) is 5.75 Å². The molecule has 3 nitrogen and oxygen atoms in total. The highest BCUT2D eigenvalue weighted by atomic mass is 16.5. The van der Waals surface area contributed by atoms with Crippen LogP contribution in [0.5, 0.6) is 5.75 Å². The predicted molar refractivity (Wildman–Crippen MR) is 70.6 cm³/mol. The summed E-state index contributed by atoms with van der Waals surface area (Å²) in [6.07, 6.45) is 6.49. The molecule has 0 fully saturated rings. The van der Waals surface area contributed by atoms with Gasteiger partial charge in [-0.3, -0.25) is 9.78 Å². The lowest BCUT2D eigenvalue weighted by Crippen LogP contribution is -1.94. The summed E-state index contributed by atoms with van der Waals surface area (Å²) in [7, 11) is 1.61. The van der Waals surface area contributed by atoms with Gasteiger partial charge in [-0.15, -0.1) is 0 Å². The van der Waals surface area contributed by atoms with Crippen molar-refractivity contribution in [1.29, 1.82) is 0 Å². The van der Waals surface area contributed by atoms with Crippen molar-refractivity contribution in [2.45, 2.75) is 0 Å². The summed E-state index contributed by atoms with van der Waals surface area (Å²) in [6, 6.07) is 10.9. The van der Waals surface area contributed by atoms with Crippen molar-refractivity contribution < 1.29 is 9.53 Å². The van der Waals surface area contributed by atoms with E-state index < -0.39 is 0 Å². The van der Waals surface area contributed by atoms with Gasteiger partial charge in [0.2, 0.25) is 0 Å². The molecule has 1 aromatic heterocycles. The maximum absolute atomic E-state index is 11.9. The highest BCUT2D eigenvalue weighted by Gasteiger charge is 2.01. The molecule has 18 heavy (non-hydrogen) atoms. The van der Waals surface area contributed by atoms with Gasteiger partial charge in [0, 0.05) is 23.5 Å². The number of ether oxygens (including phenoxy) is 1. The van der Waals surface area contributed by atoms with Crippen LogP contribution in [-0.2, 0) is 0 Å². The molecule has 0 aliphatic heterocycles. The summed E-state index contributed by atoms with van der Waals surface area (Å²) in [6.45, 7) is 0. The number of carbonyl (C=O) groups excluding carboxylic acids is 1. The average Bonchev–Trinajstić information content (AvgIpc) is 2.46. The minimum absolute atomic E-state index is 0.0525. The van der Waals surface area contributed by atoms with Crippen LogP contribution in [0.15, 0.2) is 54.9 Å². The highest BCUT2D eigenvalue weighted by molar-refractivity contribution is 6.06. The molecule has 2 rings (SSSR count). The van der Waals surface area contributed by atoms with E-state index in [-0.39, 0.29) is 5.78 Å². The Morgan fingerprint density at radius 3 is 2.61 bits per heavy atom. The fourth-order valence-electron chi connectivity index (χ4n) is 1.58. The molecule has 0 aliphatic carbocycles. The van der Waals surface area contributed by atoms with Gasteiger partial charge in [0.05, 0.1) is 7.11 Å². The molecule has 0 radical (unpaired) electrons. The minimum atomic E-state index is -0.0525. The minimum Gasteiger partial charge on any atom is -0.496 e. The molecular weight excluding hydrogens is 226 g/mol. The van der Waals surface area contributed by atoms with Crippen LogP contribution in [0.1, 0.15) is 15.9 Å². The number of rotatable bonds is 4. The van der Waals surface area contributed by atoms with Crippen molar-refractivity contribution in [2.75, 3.05) is 7.11 Å². The van der Waals surface area contributed by atoms with Crippen LogP contribution in [0.3, 0.4) is 0 Å². The zero-order valence-corrected chi connectivity index (χ0v) is 10.0. The number of allylic oxidation sites excluding steroid dienone is 1. The molecule has 90 valence electrons. The first-order valence-electron chi connectivity index (χ1n) is 5.56. The van der Waals surface area contributed by atoms with Crippen molar-refractivity contribution in [3.05, 3.63) is 66.0 Å². The van der Waals surface area contributed by atoms with E-state index in [1.54, 1.807) is 37.7 Å². The third-order valence-electron chi connectivity index (χ3n) is 2.52. The topological polar surface area (TPSA) is 39.2 Å². The van der Waals surface area contributed by atoms with Crippen LogP contribution in [0.2, 0.25) is 0 Å². The number of carbonyl (C=O) groups is 1. The second-order valence-electron chi connectivity index (χ2n) is 3.68. The molecule has 2 aromatic rings. The smallest absolute Gasteiger partial charge is 0.185 e. The fraction of sp³-hybridized carbons (Fsp3) is 0.0667. The molecule has 0 aliphatic rings. The van der Waals surface area contributed by atoms with Gasteiger partial charge in [0.15, 0.2) is 5.78 Å². The molecule has 0 bridgehead atoms. The SMILES string of the molecule is COc1ccccc1/C=C/C(=O)c1ccncc1. The molecule has 0 spiro atoms. The van der Waals surface area contributed by atoms with Crippen LogP contribution in [0.4, 0.5) is 0 Å². The largest absolute Gasteiger partial charge is 0.496 e. The Hall–Kier alpha value is -2.42. The zero-order chi connectivity index (χ0) is 12.8. The summed E-state index contributed by atoms with van der Waals surface area (Å²) < 4.78 is 5.21. The number of pyridine rings is 1. The summed E-state index contributed by atoms with van der Waals surface area (Å²) >= 11 is 0. The lowest BCUT2D eigenvalue weighted by Gasteiger charge is -2.03. The first kappa shape index (κ1) is 12.0. The Morgan fingerprint density at radius 2 is 1.89 bits per heavy atom. The maximum Gasteiger partial charge on any atom is 0.185 e. The number of hydrogen-bond acceptors (Lipinski definition) is 3. The third kappa shape index (κ3) is 2.83. The standard InChI is InChI=1S/C15H13NO2/c1-18-15-5-3-2-4-13(15)6-7-14(17)12-8-10-16-11-9-12/h2-11H,1H3/b7-6+. The van der Waals surface area contributed by atoms with Crippen molar-refractivity contribution in [1.82, 2.24) is 4.98 Å². The Kier molecular flexibility index (Phi) is 3.86. The van der Waals surface area contributed by atoms with Gasteiger partial charge >= 0.3 is 0 Å². The third-order valence-corrected chi connectivity index (χ3v) is 2.52. The molecular formula is C15H13NO2. The lowest BCUT2D eigenvalue weighted by atomic mass is 10.1. The maximum atomic E-state index is 11.9. The summed E-state index contributed by atoms with van der Waals surface area (Å²) in [5, 5.41) is 0. The van der Waals surface area contributed by atoms with E-state index in [0.717, 1.165) is 11.3 Å². The van der Waals surface area contributed by atoms with E-state index in [4.69, 9.17) is 4.74 Å². The molecule has 1 heterocycles. The molecule has 0 N–H and O–H groups in total. The van der Waals surface area contributed by atoms with E-state index in [1.165, 1.54) is 6.08 Å². The Labute approximate surface area is 106 Å². The van der Waals surface area contributed by atoms with Crippen molar-refractivity contribution in [3.63, 3.8) is 0 Å². The van der Waals surface area contributed by atoms with Crippen molar-refractivity contribution >= 4 is 11.9 Å². The molecule has 0 atom stereocenters. The van der Waals surface area contributed by atoms with Gasteiger partial charge < -0.3 is 4.74 Å². The van der Waals surface area contributed by atoms with Gasteiger partial charge in [-0.2, -0.15) is 0 Å². The first-order valence-corrected chi connectivity index (χ1v) is 5.56. The Bertz CT molecular complexity index is 562. The molecule has 1 aromatic carbocycles. The fourth-order valence-corrected chi connectivity index (χ4v) is 1.58. The normalized spacial score (nSPS) is 10.5. The van der Waals surface area contributed by atoms with Crippen LogP contribution < -0.4 is 4.74 Å². The van der Waals surface area contributed by atoms with Gasteiger partial charge in [0.25, 0.3) is 0 Å². The van der Waals surface area contributed by atoms with Gasteiger partial charge in [-0.1, -0.05) is 18.2 Å². The monoisotopic (exact) mass is 239 g/mol. The van der Waals surface area contributed by atoms with E-state index in [9.17, 15) is 4.79 Å².